The van der Waals surface area contributed by atoms with Crippen molar-refractivity contribution in [3.8, 4) is 6.01 Å². The second-order valence-electron chi connectivity index (χ2n) is 11.5. The molecule has 8 rings (SSSR count). The molecule has 5 aromatic rings. The number of ether oxygens (including phenoxy) is 3. The normalized spacial score (nSPS) is 26.6. The Kier molecular flexibility index (Phi) is 6.47. The summed E-state index contributed by atoms with van der Waals surface area (Å²) in [6, 6.07) is 14.3. The van der Waals surface area contributed by atoms with Gasteiger partial charge < -0.3 is 28.6 Å². The number of furan rings is 1. The highest BCUT2D eigenvalue weighted by Crippen LogP contribution is 2.41. The molecule has 3 aromatic heterocycles. The minimum atomic E-state index is -0.813. The van der Waals surface area contributed by atoms with Crippen LogP contribution in [-0.4, -0.2) is 68.9 Å². The van der Waals surface area contributed by atoms with E-state index in [1.54, 1.807) is 0 Å². The molecule has 1 N–H and O–H groups in total. The van der Waals surface area contributed by atoms with Crippen LogP contribution in [-0.2, 0) is 9.47 Å². The van der Waals surface area contributed by atoms with Crippen molar-refractivity contribution in [2.24, 2.45) is 0 Å². The SMILES string of the molecule is Cc1nc(N2C[C@@H](Oc3nc4cc(Cl)ccc4n3[C@H]3CCCCOCC3)C[C@H]2C2OC2O)c2oc3ccccc3c2n1. The number of aliphatic hydroxyl groups excluding tert-OH is 1. The van der Waals surface area contributed by atoms with Crippen molar-refractivity contribution in [1.29, 1.82) is 0 Å². The highest BCUT2D eigenvalue weighted by molar-refractivity contribution is 6.31. The standard InChI is InChI=1S/C31H32ClN5O5/c1-17-33-26-21-7-2-3-8-25(21)41-28(26)29(34-17)36-16-20(15-24(36)27-30(38)42-27)40-31-35-22-14-18(32)9-10-23(22)37(31)19-6-4-5-12-39-13-11-19/h2-3,7-10,14,19-20,24,27,30,38H,4-6,11-13,15-16H2,1H3/t19-,20-,24-,27?,30?/m0/s1. The van der Waals surface area contributed by atoms with Gasteiger partial charge in [0.2, 0.25) is 0 Å². The number of fused-ring (bicyclic) bond motifs is 4. The molecule has 11 heteroatoms. The number of anilines is 1. The van der Waals surface area contributed by atoms with Gasteiger partial charge in [0.05, 0.1) is 23.6 Å². The third-order valence-corrected chi connectivity index (χ3v) is 8.93. The number of nitrogens with zero attached hydrogens (tertiary/aromatic N) is 5. The lowest BCUT2D eigenvalue weighted by atomic mass is 10.1. The maximum absolute atomic E-state index is 10.3. The molecule has 0 saturated carbocycles. The van der Waals surface area contributed by atoms with Gasteiger partial charge in [-0.15, -0.1) is 0 Å². The van der Waals surface area contributed by atoms with Crippen molar-refractivity contribution in [3.63, 3.8) is 0 Å². The monoisotopic (exact) mass is 589 g/mol. The minimum absolute atomic E-state index is 0.155. The first-order valence-electron chi connectivity index (χ1n) is 14.7. The Balaban J connectivity index is 1.17. The number of aromatic nitrogens is 4. The molecular weight excluding hydrogens is 558 g/mol. The molecule has 3 saturated heterocycles. The van der Waals surface area contributed by atoms with Gasteiger partial charge in [0.25, 0.3) is 6.01 Å². The highest BCUT2D eigenvalue weighted by atomic mass is 35.5. The second-order valence-corrected chi connectivity index (χ2v) is 11.9. The van der Waals surface area contributed by atoms with Crippen LogP contribution in [0.15, 0.2) is 46.9 Å². The van der Waals surface area contributed by atoms with E-state index in [-0.39, 0.29) is 24.3 Å². The maximum atomic E-state index is 10.3. The average molecular weight is 590 g/mol. The van der Waals surface area contributed by atoms with Crippen LogP contribution in [0.5, 0.6) is 6.01 Å². The van der Waals surface area contributed by atoms with Crippen LogP contribution in [0.25, 0.3) is 33.1 Å². The Bertz CT molecular complexity index is 1780. The smallest absolute Gasteiger partial charge is 0.297 e. The number of imidazole rings is 1. The predicted octanol–water partition coefficient (Wildman–Crippen LogP) is 5.56. The number of hydrogen-bond donors (Lipinski definition) is 1. The highest BCUT2D eigenvalue weighted by Gasteiger charge is 2.52. The Labute approximate surface area is 247 Å². The van der Waals surface area contributed by atoms with Crippen molar-refractivity contribution < 1.29 is 23.7 Å². The summed E-state index contributed by atoms with van der Waals surface area (Å²) in [4.78, 5) is 16.6. The van der Waals surface area contributed by atoms with Crippen LogP contribution < -0.4 is 9.64 Å². The summed E-state index contributed by atoms with van der Waals surface area (Å²) in [6.07, 6.45) is 3.29. The molecule has 3 fully saturated rings. The summed E-state index contributed by atoms with van der Waals surface area (Å²) in [5.74, 6) is 1.33. The van der Waals surface area contributed by atoms with Gasteiger partial charge >= 0.3 is 0 Å². The van der Waals surface area contributed by atoms with Gasteiger partial charge in [-0.25, -0.2) is 9.97 Å². The summed E-state index contributed by atoms with van der Waals surface area (Å²) in [5, 5.41) is 11.9. The Morgan fingerprint density at radius 2 is 1.93 bits per heavy atom. The van der Waals surface area contributed by atoms with Crippen molar-refractivity contribution in [2.75, 3.05) is 24.7 Å². The zero-order chi connectivity index (χ0) is 28.4. The third-order valence-electron chi connectivity index (χ3n) is 8.70. The zero-order valence-electron chi connectivity index (χ0n) is 23.3. The van der Waals surface area contributed by atoms with E-state index < -0.39 is 6.29 Å². The Hall–Kier alpha value is -3.44. The molecule has 3 aliphatic heterocycles. The van der Waals surface area contributed by atoms with E-state index in [9.17, 15) is 5.11 Å². The number of rotatable bonds is 5. The van der Waals surface area contributed by atoms with Crippen molar-refractivity contribution in [1.82, 2.24) is 19.5 Å². The molecule has 0 amide bonds. The molecule has 6 heterocycles. The van der Waals surface area contributed by atoms with Gasteiger partial charge in [-0.05, 0) is 62.9 Å². The van der Waals surface area contributed by atoms with Gasteiger partial charge in [-0.2, -0.15) is 4.98 Å². The first kappa shape index (κ1) is 26.2. The lowest BCUT2D eigenvalue weighted by molar-refractivity contribution is 0.0984. The summed E-state index contributed by atoms with van der Waals surface area (Å²) >= 11 is 6.36. The number of halogens is 1. The number of benzene rings is 2. The average Bonchev–Trinajstić information content (AvgIpc) is 3.27. The van der Waals surface area contributed by atoms with Gasteiger partial charge in [0, 0.05) is 36.1 Å². The molecule has 5 atom stereocenters. The molecule has 0 radical (unpaired) electrons. The summed E-state index contributed by atoms with van der Waals surface area (Å²) in [6.45, 7) is 3.93. The molecule has 2 aromatic carbocycles. The summed E-state index contributed by atoms with van der Waals surface area (Å²) in [5.41, 5.74) is 3.97. The fourth-order valence-corrected chi connectivity index (χ4v) is 6.85. The van der Waals surface area contributed by atoms with Gasteiger partial charge in [-0.1, -0.05) is 23.7 Å². The summed E-state index contributed by atoms with van der Waals surface area (Å²) in [7, 11) is 0. The van der Waals surface area contributed by atoms with Crippen LogP contribution >= 0.6 is 11.6 Å². The van der Waals surface area contributed by atoms with E-state index in [0.717, 1.165) is 59.8 Å². The molecular formula is C31H32ClN5O5. The summed E-state index contributed by atoms with van der Waals surface area (Å²) < 4.78 is 26.7. The van der Waals surface area contributed by atoms with Crippen LogP contribution in [0.3, 0.4) is 0 Å². The number of aryl methyl sites for hydroxylation is 1. The van der Waals surface area contributed by atoms with Crippen LogP contribution in [0.2, 0.25) is 5.02 Å². The lowest BCUT2D eigenvalue weighted by Gasteiger charge is -2.25. The molecule has 2 unspecified atom stereocenters. The van der Waals surface area contributed by atoms with Gasteiger partial charge in [-0.3, -0.25) is 4.57 Å². The molecule has 0 bridgehead atoms. The van der Waals surface area contributed by atoms with E-state index in [4.69, 9.17) is 45.2 Å². The van der Waals surface area contributed by atoms with E-state index >= 15 is 0 Å². The first-order valence-corrected chi connectivity index (χ1v) is 15.1. The number of hydrogen-bond acceptors (Lipinski definition) is 9. The topological polar surface area (TPSA) is 111 Å². The number of para-hydroxylation sites is 1. The number of epoxide rings is 1. The van der Waals surface area contributed by atoms with Gasteiger partial charge in [0.15, 0.2) is 17.7 Å². The van der Waals surface area contributed by atoms with Crippen molar-refractivity contribution in [2.45, 2.75) is 69.6 Å². The lowest BCUT2D eigenvalue weighted by Crippen LogP contribution is -2.35. The molecule has 42 heavy (non-hydrogen) atoms. The quantitative estimate of drug-likeness (QED) is 0.263. The largest absolute Gasteiger partial charge is 0.459 e. The number of aliphatic hydroxyl groups is 1. The maximum Gasteiger partial charge on any atom is 0.297 e. The van der Waals surface area contributed by atoms with Crippen molar-refractivity contribution >= 4 is 50.5 Å². The zero-order valence-corrected chi connectivity index (χ0v) is 24.0. The Morgan fingerprint density at radius 1 is 1.05 bits per heavy atom. The van der Waals surface area contributed by atoms with Gasteiger partial charge in [0.1, 0.15) is 29.1 Å². The van der Waals surface area contributed by atoms with E-state index in [1.807, 2.05) is 49.4 Å². The molecule has 0 aliphatic carbocycles. The van der Waals surface area contributed by atoms with E-state index in [1.165, 1.54) is 0 Å². The molecule has 3 aliphatic rings. The fourth-order valence-electron chi connectivity index (χ4n) is 6.69. The predicted molar refractivity (Wildman–Crippen MR) is 158 cm³/mol. The third kappa shape index (κ3) is 4.57. The fraction of sp³-hybridized carbons (Fsp3) is 0.452. The Morgan fingerprint density at radius 3 is 2.81 bits per heavy atom. The van der Waals surface area contributed by atoms with Crippen molar-refractivity contribution in [3.05, 3.63) is 53.3 Å². The van der Waals surface area contributed by atoms with Crippen LogP contribution in [0.4, 0.5) is 5.82 Å². The second kappa shape index (κ2) is 10.4. The minimum Gasteiger partial charge on any atom is -0.459 e. The van der Waals surface area contributed by atoms with E-state index in [0.29, 0.717) is 47.8 Å². The molecule has 0 spiro atoms. The first-order chi connectivity index (χ1) is 20.5. The van der Waals surface area contributed by atoms with Crippen LogP contribution in [0.1, 0.15) is 44.0 Å². The van der Waals surface area contributed by atoms with Crippen LogP contribution in [0, 0.1) is 6.92 Å². The van der Waals surface area contributed by atoms with E-state index in [2.05, 4.69) is 9.47 Å². The molecule has 10 nitrogen and oxygen atoms in total. The molecule has 218 valence electrons.